The van der Waals surface area contributed by atoms with E-state index in [9.17, 15) is 9.18 Å². The van der Waals surface area contributed by atoms with Crippen LogP contribution in [0, 0.1) is 12.7 Å². The third-order valence-corrected chi connectivity index (χ3v) is 6.04. The number of benzene rings is 2. The molecule has 3 aromatic rings. The van der Waals surface area contributed by atoms with Crippen molar-refractivity contribution >= 4 is 11.8 Å². The number of rotatable bonds is 9. The molecule has 1 atom stereocenters. The Kier molecular flexibility index (Phi) is 6.87. The number of nitrogens with zero attached hydrogens (tertiary/aromatic N) is 3. The molecule has 1 N–H and O–H groups in total. The van der Waals surface area contributed by atoms with Crippen LogP contribution in [0.3, 0.4) is 0 Å². The van der Waals surface area contributed by atoms with Crippen molar-refractivity contribution in [3.05, 3.63) is 71.2 Å². The first-order chi connectivity index (χ1) is 15.9. The van der Waals surface area contributed by atoms with Crippen LogP contribution >= 0.6 is 0 Å². The molecular formula is C26H28FN3O3. The molecule has 0 radical (unpaired) electrons. The van der Waals surface area contributed by atoms with Crippen LogP contribution in [0.4, 0.5) is 10.2 Å². The molecule has 172 valence electrons. The number of carboxylic acid groups (broad SMARTS) is 1. The predicted molar refractivity (Wildman–Crippen MR) is 125 cm³/mol. The van der Waals surface area contributed by atoms with E-state index >= 15 is 0 Å². The minimum atomic E-state index is -0.761. The molecule has 0 fully saturated rings. The molecule has 6 nitrogen and oxygen atoms in total. The van der Waals surface area contributed by atoms with Gasteiger partial charge in [0, 0.05) is 19.2 Å². The van der Waals surface area contributed by atoms with E-state index in [-0.39, 0.29) is 18.2 Å². The average molecular weight is 450 g/mol. The van der Waals surface area contributed by atoms with E-state index in [0.29, 0.717) is 25.4 Å². The van der Waals surface area contributed by atoms with Crippen molar-refractivity contribution in [1.82, 2.24) is 9.97 Å². The Morgan fingerprint density at radius 1 is 1.24 bits per heavy atom. The summed E-state index contributed by atoms with van der Waals surface area (Å²) in [4.78, 5) is 21.4. The first-order valence-electron chi connectivity index (χ1n) is 11.2. The maximum Gasteiger partial charge on any atom is 0.303 e. The number of carboxylic acids is 1. The Labute approximate surface area is 193 Å². The van der Waals surface area contributed by atoms with Gasteiger partial charge in [0.05, 0.1) is 19.2 Å². The number of fused-ring (bicyclic) bond motifs is 1. The zero-order valence-electron chi connectivity index (χ0n) is 18.9. The molecule has 0 spiro atoms. The van der Waals surface area contributed by atoms with E-state index in [1.165, 1.54) is 11.8 Å². The number of aliphatic carboxylic acids is 1. The third kappa shape index (κ3) is 5.48. The van der Waals surface area contributed by atoms with Crippen LogP contribution in [-0.4, -0.2) is 41.2 Å². The molecular weight excluding hydrogens is 421 g/mol. The van der Waals surface area contributed by atoms with Crippen molar-refractivity contribution in [2.75, 3.05) is 25.1 Å². The summed E-state index contributed by atoms with van der Waals surface area (Å²) in [6.45, 7) is 3.07. The SMILES string of the molecule is Cc1ccc(-c2ncc(F)c(N(C)CCCOc3ccc4c(c3)CC[C@H]4CC(=O)O)n2)cc1. The van der Waals surface area contributed by atoms with Crippen LogP contribution < -0.4 is 9.64 Å². The van der Waals surface area contributed by atoms with E-state index in [2.05, 4.69) is 9.97 Å². The minimum absolute atomic E-state index is 0.0905. The monoisotopic (exact) mass is 449 g/mol. The fourth-order valence-electron chi connectivity index (χ4n) is 4.26. The lowest BCUT2D eigenvalue weighted by Crippen LogP contribution is -2.23. The Morgan fingerprint density at radius 3 is 2.79 bits per heavy atom. The van der Waals surface area contributed by atoms with Crippen molar-refractivity contribution in [2.24, 2.45) is 0 Å². The maximum absolute atomic E-state index is 14.4. The quantitative estimate of drug-likeness (QED) is 0.463. The van der Waals surface area contributed by atoms with Crippen molar-refractivity contribution in [2.45, 2.75) is 38.5 Å². The molecule has 0 amide bonds. The fraction of sp³-hybridized carbons (Fsp3) is 0.346. The Balaban J connectivity index is 1.32. The molecule has 2 aromatic carbocycles. The minimum Gasteiger partial charge on any atom is -0.494 e. The smallest absolute Gasteiger partial charge is 0.303 e. The van der Waals surface area contributed by atoms with Crippen molar-refractivity contribution < 1.29 is 19.0 Å². The third-order valence-electron chi connectivity index (χ3n) is 6.04. The second-order valence-electron chi connectivity index (χ2n) is 8.55. The topological polar surface area (TPSA) is 75.6 Å². The molecule has 0 bridgehead atoms. The number of hydrogen-bond donors (Lipinski definition) is 1. The Morgan fingerprint density at radius 2 is 2.03 bits per heavy atom. The van der Waals surface area contributed by atoms with Gasteiger partial charge in [-0.3, -0.25) is 4.79 Å². The molecule has 0 aliphatic heterocycles. The molecule has 4 rings (SSSR count). The zero-order chi connectivity index (χ0) is 23.4. The van der Waals surface area contributed by atoms with Crippen LogP contribution in [0.1, 0.15) is 41.9 Å². The van der Waals surface area contributed by atoms with Gasteiger partial charge in [0.2, 0.25) is 0 Å². The number of ether oxygens (including phenoxy) is 1. The summed E-state index contributed by atoms with van der Waals surface area (Å²) in [6, 6.07) is 13.7. The van der Waals surface area contributed by atoms with Gasteiger partial charge in [0.1, 0.15) is 5.75 Å². The van der Waals surface area contributed by atoms with Gasteiger partial charge in [-0.25, -0.2) is 14.4 Å². The number of carbonyl (C=O) groups is 1. The molecule has 0 saturated carbocycles. The summed E-state index contributed by atoms with van der Waals surface area (Å²) < 4.78 is 20.3. The average Bonchev–Trinajstić information content (AvgIpc) is 3.19. The summed E-state index contributed by atoms with van der Waals surface area (Å²) in [5, 5.41) is 9.06. The van der Waals surface area contributed by atoms with Crippen LogP contribution in [0.2, 0.25) is 0 Å². The van der Waals surface area contributed by atoms with Gasteiger partial charge in [-0.05, 0) is 55.4 Å². The van der Waals surface area contributed by atoms with E-state index < -0.39 is 11.8 Å². The first kappa shape index (κ1) is 22.7. The highest BCUT2D eigenvalue weighted by Gasteiger charge is 2.24. The van der Waals surface area contributed by atoms with E-state index in [1.54, 1.807) is 4.90 Å². The van der Waals surface area contributed by atoms with Crippen LogP contribution in [0.25, 0.3) is 11.4 Å². The Hall–Kier alpha value is -3.48. The van der Waals surface area contributed by atoms with Crippen molar-refractivity contribution in [3.63, 3.8) is 0 Å². The number of aromatic nitrogens is 2. The number of anilines is 1. The highest BCUT2D eigenvalue weighted by Crippen LogP contribution is 2.37. The summed E-state index contributed by atoms with van der Waals surface area (Å²) in [5.74, 6) is 0.415. The Bertz CT molecular complexity index is 1130. The molecule has 0 saturated heterocycles. The zero-order valence-corrected chi connectivity index (χ0v) is 18.9. The van der Waals surface area contributed by atoms with Gasteiger partial charge < -0.3 is 14.7 Å². The summed E-state index contributed by atoms with van der Waals surface area (Å²) >= 11 is 0. The molecule has 1 heterocycles. The van der Waals surface area contributed by atoms with Gasteiger partial charge in [0.15, 0.2) is 17.5 Å². The summed E-state index contributed by atoms with van der Waals surface area (Å²) in [5.41, 5.74) is 4.28. The lowest BCUT2D eigenvalue weighted by molar-refractivity contribution is -0.137. The summed E-state index contributed by atoms with van der Waals surface area (Å²) in [6.07, 6.45) is 3.82. The highest BCUT2D eigenvalue weighted by molar-refractivity contribution is 5.68. The molecule has 1 aromatic heterocycles. The van der Waals surface area contributed by atoms with Gasteiger partial charge in [-0.1, -0.05) is 35.9 Å². The van der Waals surface area contributed by atoms with Crippen LogP contribution in [0.5, 0.6) is 5.75 Å². The van der Waals surface area contributed by atoms with Crippen molar-refractivity contribution in [3.8, 4) is 17.1 Å². The molecule has 33 heavy (non-hydrogen) atoms. The van der Waals surface area contributed by atoms with E-state index in [0.717, 1.165) is 35.3 Å². The lowest BCUT2D eigenvalue weighted by Gasteiger charge is -2.19. The van der Waals surface area contributed by atoms with E-state index in [4.69, 9.17) is 9.84 Å². The number of aryl methyl sites for hydroxylation is 2. The maximum atomic E-state index is 14.4. The van der Waals surface area contributed by atoms with Gasteiger partial charge >= 0.3 is 5.97 Å². The second-order valence-corrected chi connectivity index (χ2v) is 8.55. The number of halogens is 1. The van der Waals surface area contributed by atoms with Gasteiger partial charge in [-0.15, -0.1) is 0 Å². The van der Waals surface area contributed by atoms with Crippen LogP contribution in [-0.2, 0) is 11.2 Å². The van der Waals surface area contributed by atoms with Crippen molar-refractivity contribution in [1.29, 1.82) is 0 Å². The van der Waals surface area contributed by atoms with E-state index in [1.807, 2.05) is 56.4 Å². The summed E-state index contributed by atoms with van der Waals surface area (Å²) in [7, 11) is 1.81. The number of hydrogen-bond acceptors (Lipinski definition) is 5. The highest BCUT2D eigenvalue weighted by atomic mass is 19.1. The molecule has 1 aliphatic rings. The molecule has 7 heteroatoms. The standard InChI is InChI=1S/C26H28FN3O3/c1-17-4-6-18(7-5-17)25-28-16-23(27)26(29-25)30(2)12-3-13-33-21-10-11-22-19(14-21)8-9-20(22)15-24(31)32/h4-7,10-11,14,16,20H,3,8-9,12-13,15H2,1-2H3,(H,31,32)/t20-/m0/s1. The first-order valence-corrected chi connectivity index (χ1v) is 11.2. The second kappa shape index (κ2) is 9.98. The largest absolute Gasteiger partial charge is 0.494 e. The van der Waals surface area contributed by atoms with Crippen LogP contribution in [0.15, 0.2) is 48.7 Å². The van der Waals surface area contributed by atoms with Gasteiger partial charge in [-0.2, -0.15) is 0 Å². The molecule has 1 aliphatic carbocycles. The lowest BCUT2D eigenvalue weighted by atomic mass is 9.98. The normalized spacial score (nSPS) is 14.7. The molecule has 0 unspecified atom stereocenters. The predicted octanol–water partition coefficient (Wildman–Crippen LogP) is 5.00. The van der Waals surface area contributed by atoms with Gasteiger partial charge in [0.25, 0.3) is 0 Å². The fourth-order valence-corrected chi connectivity index (χ4v) is 4.26.